The van der Waals surface area contributed by atoms with Gasteiger partial charge in [-0.1, -0.05) is 0 Å². The molecular weight excluding hydrogens is 322 g/mol. The van der Waals surface area contributed by atoms with Crippen LogP contribution in [0.5, 0.6) is 0 Å². The van der Waals surface area contributed by atoms with E-state index in [1.165, 1.54) is 0 Å². The van der Waals surface area contributed by atoms with E-state index in [0.29, 0.717) is 24.1 Å². The Bertz CT molecular complexity index is 733. The molecular formula is C18H23N3O4. The van der Waals surface area contributed by atoms with Crippen molar-refractivity contribution in [2.24, 2.45) is 5.92 Å². The fraction of sp³-hybridized carbons (Fsp3) is 0.500. The van der Waals surface area contributed by atoms with E-state index in [-0.39, 0.29) is 30.4 Å². The van der Waals surface area contributed by atoms with Gasteiger partial charge in [-0.25, -0.2) is 0 Å². The van der Waals surface area contributed by atoms with Gasteiger partial charge in [0, 0.05) is 25.2 Å². The fourth-order valence-corrected chi connectivity index (χ4v) is 3.46. The van der Waals surface area contributed by atoms with Crippen LogP contribution in [0.2, 0.25) is 0 Å². The van der Waals surface area contributed by atoms with Crippen molar-refractivity contribution >= 4 is 29.2 Å². The molecule has 0 bridgehead atoms. The lowest BCUT2D eigenvalue weighted by molar-refractivity contribution is -0.143. The van der Waals surface area contributed by atoms with E-state index in [1.54, 1.807) is 17.0 Å². The highest BCUT2D eigenvalue weighted by Gasteiger charge is 2.34. The summed E-state index contributed by atoms with van der Waals surface area (Å²) < 4.78 is 0. The molecule has 2 N–H and O–H groups in total. The molecule has 1 aromatic rings. The number of nitrogens with one attached hydrogen (secondary N) is 1. The lowest BCUT2D eigenvalue weighted by Gasteiger charge is -2.37. The number of piperidine rings is 1. The van der Waals surface area contributed by atoms with Gasteiger partial charge in [0.05, 0.1) is 17.3 Å². The van der Waals surface area contributed by atoms with Gasteiger partial charge < -0.3 is 20.2 Å². The third-order valence-corrected chi connectivity index (χ3v) is 5.33. The molecule has 7 nitrogen and oxygen atoms in total. The Morgan fingerprint density at radius 3 is 2.64 bits per heavy atom. The molecule has 3 unspecified atom stereocenters. The number of benzene rings is 1. The first-order valence-electron chi connectivity index (χ1n) is 8.51. The van der Waals surface area contributed by atoms with Crippen molar-refractivity contribution in [1.82, 2.24) is 4.90 Å². The maximum absolute atomic E-state index is 12.9. The molecule has 1 saturated heterocycles. The first kappa shape index (κ1) is 17.3. The van der Waals surface area contributed by atoms with E-state index in [4.69, 9.17) is 0 Å². The van der Waals surface area contributed by atoms with Crippen LogP contribution in [0.1, 0.15) is 37.0 Å². The number of fused-ring (bicyclic) bond motifs is 1. The minimum Gasteiger partial charge on any atom is -0.481 e. The van der Waals surface area contributed by atoms with Crippen molar-refractivity contribution < 1.29 is 19.5 Å². The average molecular weight is 345 g/mol. The number of rotatable bonds is 2. The molecule has 3 rings (SSSR count). The third kappa shape index (κ3) is 3.06. The van der Waals surface area contributed by atoms with Crippen LogP contribution in [0.25, 0.3) is 0 Å². The minimum absolute atomic E-state index is 0.00332. The van der Waals surface area contributed by atoms with E-state index in [2.05, 4.69) is 5.32 Å². The summed E-state index contributed by atoms with van der Waals surface area (Å²) in [5.41, 5.74) is 1.93. The summed E-state index contributed by atoms with van der Waals surface area (Å²) in [5, 5.41) is 12.1. The minimum atomic E-state index is -0.863. The summed E-state index contributed by atoms with van der Waals surface area (Å²) in [6.45, 7) is 3.97. The van der Waals surface area contributed by atoms with Crippen molar-refractivity contribution in [3.05, 3.63) is 23.8 Å². The zero-order chi connectivity index (χ0) is 18.3. The Morgan fingerprint density at radius 2 is 1.96 bits per heavy atom. The quantitative estimate of drug-likeness (QED) is 0.853. The van der Waals surface area contributed by atoms with E-state index in [1.807, 2.05) is 31.9 Å². The Balaban J connectivity index is 1.87. The predicted molar refractivity (Wildman–Crippen MR) is 93.8 cm³/mol. The molecule has 0 aromatic heterocycles. The molecule has 25 heavy (non-hydrogen) atoms. The molecule has 0 spiro atoms. The van der Waals surface area contributed by atoms with Crippen LogP contribution in [0.4, 0.5) is 11.4 Å². The molecule has 2 aliphatic rings. The second-order valence-corrected chi connectivity index (χ2v) is 6.93. The number of carboxylic acids is 1. The second-order valence-electron chi connectivity index (χ2n) is 6.93. The van der Waals surface area contributed by atoms with Crippen LogP contribution in [0, 0.1) is 5.92 Å². The number of aliphatic carboxylic acids is 1. The van der Waals surface area contributed by atoms with Crippen molar-refractivity contribution in [2.75, 3.05) is 23.8 Å². The monoisotopic (exact) mass is 345 g/mol. The molecule has 0 saturated carbocycles. The molecule has 134 valence electrons. The van der Waals surface area contributed by atoms with Crippen LogP contribution >= 0.6 is 0 Å². The Morgan fingerprint density at radius 1 is 1.24 bits per heavy atom. The standard InChI is InChI=1S/C18H23N3O4/c1-10-4-5-13(18(24)25)9-21(10)17(23)12-6-7-15-14(8-12)19-16(22)11(2)20(15)3/h6-8,10-11,13H,4-5,9H2,1-3H3,(H,19,22)(H,24,25). The number of nitrogens with zero attached hydrogens (tertiary/aromatic N) is 2. The Hall–Kier alpha value is -2.57. The molecule has 7 heteroatoms. The molecule has 2 amide bonds. The normalized spacial score (nSPS) is 26.0. The summed E-state index contributed by atoms with van der Waals surface area (Å²) in [5.74, 6) is -1.70. The molecule has 3 atom stereocenters. The first-order chi connectivity index (χ1) is 11.8. The van der Waals surface area contributed by atoms with Crippen LogP contribution in [-0.2, 0) is 9.59 Å². The number of carbonyl (C=O) groups excluding carboxylic acids is 2. The van der Waals surface area contributed by atoms with E-state index in [9.17, 15) is 19.5 Å². The number of likely N-dealkylation sites (tertiary alicyclic amines) is 1. The molecule has 1 aromatic carbocycles. The number of amides is 2. The number of carboxylic acid groups (broad SMARTS) is 1. The van der Waals surface area contributed by atoms with Gasteiger partial charge in [-0.2, -0.15) is 0 Å². The molecule has 2 aliphatic heterocycles. The number of likely N-dealkylation sites (N-methyl/N-ethyl adjacent to an activating group) is 1. The van der Waals surface area contributed by atoms with Gasteiger partial charge in [-0.05, 0) is 44.9 Å². The Kier molecular flexibility index (Phi) is 4.41. The van der Waals surface area contributed by atoms with Gasteiger partial charge in [-0.15, -0.1) is 0 Å². The number of carbonyl (C=O) groups is 3. The largest absolute Gasteiger partial charge is 0.481 e. The third-order valence-electron chi connectivity index (χ3n) is 5.33. The highest BCUT2D eigenvalue weighted by molar-refractivity contribution is 6.05. The van der Waals surface area contributed by atoms with Gasteiger partial charge in [0.15, 0.2) is 0 Å². The van der Waals surface area contributed by atoms with Crippen LogP contribution < -0.4 is 10.2 Å². The molecule has 1 fully saturated rings. The molecule has 0 radical (unpaired) electrons. The van der Waals surface area contributed by atoms with Crippen molar-refractivity contribution in [3.63, 3.8) is 0 Å². The highest BCUT2D eigenvalue weighted by Crippen LogP contribution is 2.33. The summed E-state index contributed by atoms with van der Waals surface area (Å²) >= 11 is 0. The van der Waals surface area contributed by atoms with Crippen LogP contribution in [0.3, 0.4) is 0 Å². The van der Waals surface area contributed by atoms with Crippen LogP contribution in [-0.4, -0.2) is 53.5 Å². The summed E-state index contributed by atoms with van der Waals surface area (Å²) in [6.07, 6.45) is 1.26. The lowest BCUT2D eigenvalue weighted by Crippen LogP contribution is -2.47. The SMILES string of the molecule is CC1CCC(C(=O)O)CN1C(=O)c1ccc2c(c1)NC(=O)C(C)N2C. The molecule has 2 heterocycles. The van der Waals surface area contributed by atoms with Gasteiger partial charge >= 0.3 is 5.97 Å². The van der Waals surface area contributed by atoms with Gasteiger partial charge in [0.2, 0.25) is 5.91 Å². The predicted octanol–water partition coefficient (Wildman–Crippen LogP) is 1.79. The highest BCUT2D eigenvalue weighted by atomic mass is 16.4. The zero-order valence-electron chi connectivity index (χ0n) is 14.7. The van der Waals surface area contributed by atoms with Crippen LogP contribution in [0.15, 0.2) is 18.2 Å². The van der Waals surface area contributed by atoms with Crippen molar-refractivity contribution in [3.8, 4) is 0 Å². The average Bonchev–Trinajstić information content (AvgIpc) is 2.59. The van der Waals surface area contributed by atoms with E-state index >= 15 is 0 Å². The second kappa shape index (κ2) is 6.38. The lowest BCUT2D eigenvalue weighted by atomic mass is 9.92. The fourth-order valence-electron chi connectivity index (χ4n) is 3.46. The van der Waals surface area contributed by atoms with Gasteiger partial charge in [0.25, 0.3) is 5.91 Å². The first-order valence-corrected chi connectivity index (χ1v) is 8.51. The smallest absolute Gasteiger partial charge is 0.308 e. The number of hydrogen-bond donors (Lipinski definition) is 2. The maximum Gasteiger partial charge on any atom is 0.308 e. The molecule has 0 aliphatic carbocycles. The van der Waals surface area contributed by atoms with Gasteiger partial charge in [-0.3, -0.25) is 14.4 Å². The van der Waals surface area contributed by atoms with Gasteiger partial charge in [0.1, 0.15) is 6.04 Å². The maximum atomic E-state index is 12.9. The summed E-state index contributed by atoms with van der Waals surface area (Å²) in [4.78, 5) is 39.7. The number of hydrogen-bond acceptors (Lipinski definition) is 4. The Labute approximate surface area is 146 Å². The number of anilines is 2. The van der Waals surface area contributed by atoms with E-state index in [0.717, 1.165) is 5.69 Å². The topological polar surface area (TPSA) is 90.0 Å². The summed E-state index contributed by atoms with van der Waals surface area (Å²) in [7, 11) is 1.84. The van der Waals surface area contributed by atoms with Crippen molar-refractivity contribution in [2.45, 2.75) is 38.8 Å². The summed E-state index contributed by atoms with van der Waals surface area (Å²) in [6, 6.07) is 4.96. The van der Waals surface area contributed by atoms with Crippen molar-refractivity contribution in [1.29, 1.82) is 0 Å². The van der Waals surface area contributed by atoms with E-state index < -0.39 is 11.9 Å². The zero-order valence-corrected chi connectivity index (χ0v) is 14.7.